The van der Waals surface area contributed by atoms with Crippen LogP contribution in [-0.2, 0) is 0 Å². The van der Waals surface area contributed by atoms with Crippen LogP contribution in [0.2, 0.25) is 0 Å². The molecule has 1 atom stereocenters. The van der Waals surface area contributed by atoms with E-state index in [1.807, 2.05) is 0 Å². The zero-order valence-electron chi connectivity index (χ0n) is 6.59. The lowest BCUT2D eigenvalue weighted by Crippen LogP contribution is -2.40. The Morgan fingerprint density at radius 1 is 1.40 bits per heavy atom. The molecule has 62 valence electrons. The van der Waals surface area contributed by atoms with Crippen LogP contribution in [0.4, 0.5) is 0 Å². The summed E-state index contributed by atoms with van der Waals surface area (Å²) in [5, 5.41) is 8.76. The summed E-state index contributed by atoms with van der Waals surface area (Å²) >= 11 is 0. The van der Waals surface area contributed by atoms with E-state index in [0.717, 1.165) is 19.3 Å². The molecule has 10 heavy (non-hydrogen) atoms. The van der Waals surface area contributed by atoms with E-state index >= 15 is 0 Å². The van der Waals surface area contributed by atoms with Crippen molar-refractivity contribution in [3.63, 3.8) is 0 Å². The van der Waals surface area contributed by atoms with E-state index < -0.39 is 0 Å². The first-order valence-electron chi connectivity index (χ1n) is 3.84. The van der Waals surface area contributed by atoms with Crippen LogP contribution in [0.5, 0.6) is 0 Å². The van der Waals surface area contributed by atoms with Crippen molar-refractivity contribution >= 4 is 0 Å². The van der Waals surface area contributed by atoms with E-state index in [1.54, 1.807) is 0 Å². The maximum Gasteiger partial charge on any atom is 0.0572 e. The van der Waals surface area contributed by atoms with Gasteiger partial charge in [-0.3, -0.25) is 0 Å². The van der Waals surface area contributed by atoms with Crippen molar-refractivity contribution in [3.05, 3.63) is 0 Å². The minimum atomic E-state index is -0.364. The second-order valence-corrected chi connectivity index (χ2v) is 2.66. The topological polar surface area (TPSA) is 72.3 Å². The molecular formula is C7H18N2O. The van der Waals surface area contributed by atoms with Gasteiger partial charge in [0, 0.05) is 12.5 Å². The van der Waals surface area contributed by atoms with Gasteiger partial charge < -0.3 is 16.6 Å². The predicted octanol–water partition coefficient (Wildman–Crippen LogP) is 0.0286. The normalized spacial score (nSPS) is 14.1. The molecular weight excluding hydrogens is 128 g/mol. The lowest BCUT2D eigenvalue weighted by molar-refractivity contribution is 0.195. The summed E-state index contributed by atoms with van der Waals surface area (Å²) in [4.78, 5) is 0. The van der Waals surface area contributed by atoms with Crippen molar-refractivity contribution < 1.29 is 5.11 Å². The quantitative estimate of drug-likeness (QED) is 0.479. The van der Waals surface area contributed by atoms with Gasteiger partial charge in [-0.05, 0) is 6.42 Å². The Morgan fingerprint density at radius 2 is 2.00 bits per heavy atom. The maximum absolute atomic E-state index is 8.76. The van der Waals surface area contributed by atoms with Crippen LogP contribution in [-0.4, -0.2) is 17.9 Å². The van der Waals surface area contributed by atoms with Gasteiger partial charge in [-0.2, -0.15) is 0 Å². The third-order valence-electron chi connectivity index (χ3n) is 1.71. The van der Waals surface area contributed by atoms with Crippen LogP contribution in [0, 0.1) is 5.92 Å². The number of hydrogen-bond donors (Lipinski definition) is 3. The van der Waals surface area contributed by atoms with Gasteiger partial charge in [-0.1, -0.05) is 19.8 Å². The van der Waals surface area contributed by atoms with Crippen molar-refractivity contribution in [1.29, 1.82) is 0 Å². The lowest BCUT2D eigenvalue weighted by atomic mass is 10.0. The van der Waals surface area contributed by atoms with Gasteiger partial charge in [0.15, 0.2) is 0 Å². The molecule has 0 saturated heterocycles. The van der Waals surface area contributed by atoms with Crippen molar-refractivity contribution in [2.75, 3.05) is 6.61 Å². The molecule has 0 aromatic carbocycles. The van der Waals surface area contributed by atoms with Gasteiger partial charge in [0.05, 0.1) is 6.17 Å². The molecule has 0 bridgehead atoms. The monoisotopic (exact) mass is 146 g/mol. The van der Waals surface area contributed by atoms with Gasteiger partial charge in [-0.15, -0.1) is 0 Å². The molecule has 0 aromatic heterocycles. The molecule has 0 saturated carbocycles. The van der Waals surface area contributed by atoms with Crippen LogP contribution in [0.15, 0.2) is 0 Å². The molecule has 5 N–H and O–H groups in total. The molecule has 0 amide bonds. The van der Waals surface area contributed by atoms with E-state index in [0.29, 0.717) is 0 Å². The fourth-order valence-corrected chi connectivity index (χ4v) is 0.872. The van der Waals surface area contributed by atoms with Gasteiger partial charge in [0.1, 0.15) is 0 Å². The van der Waals surface area contributed by atoms with Gasteiger partial charge in [-0.25, -0.2) is 0 Å². The third kappa shape index (κ3) is 3.82. The Bertz CT molecular complexity index is 76.0. The summed E-state index contributed by atoms with van der Waals surface area (Å²) in [5.41, 5.74) is 10.8. The number of hydrogen-bond acceptors (Lipinski definition) is 3. The Balaban J connectivity index is 3.40. The van der Waals surface area contributed by atoms with Crippen LogP contribution >= 0.6 is 0 Å². The smallest absolute Gasteiger partial charge is 0.0572 e. The van der Waals surface area contributed by atoms with Gasteiger partial charge >= 0.3 is 0 Å². The Hall–Kier alpha value is -0.120. The van der Waals surface area contributed by atoms with Crippen LogP contribution in [0.3, 0.4) is 0 Å². The number of rotatable bonds is 5. The van der Waals surface area contributed by atoms with E-state index in [4.69, 9.17) is 16.6 Å². The second kappa shape index (κ2) is 5.65. The first-order valence-corrected chi connectivity index (χ1v) is 3.84. The number of aliphatic hydroxyl groups is 1. The molecule has 1 unspecified atom stereocenters. The molecule has 0 aromatic rings. The minimum Gasteiger partial charge on any atom is -0.396 e. The van der Waals surface area contributed by atoms with Gasteiger partial charge in [0.2, 0.25) is 0 Å². The van der Waals surface area contributed by atoms with E-state index in [-0.39, 0.29) is 18.7 Å². The molecule has 0 spiro atoms. The van der Waals surface area contributed by atoms with E-state index in [2.05, 4.69) is 6.92 Å². The maximum atomic E-state index is 8.76. The standard InChI is InChI=1S/C7H18N2O/c1-2-3-4-6(5-10)7(8)9/h6-7,10H,2-5,8-9H2,1H3. The highest BCUT2D eigenvalue weighted by Crippen LogP contribution is 2.07. The van der Waals surface area contributed by atoms with Crippen molar-refractivity contribution in [1.82, 2.24) is 0 Å². The van der Waals surface area contributed by atoms with E-state index in [9.17, 15) is 0 Å². The SMILES string of the molecule is CCCCC(CO)C(N)N. The van der Waals surface area contributed by atoms with Crippen molar-refractivity contribution in [2.24, 2.45) is 17.4 Å². The predicted molar refractivity (Wildman–Crippen MR) is 42.3 cm³/mol. The highest BCUT2D eigenvalue weighted by molar-refractivity contribution is 4.65. The Labute approximate surface area is 62.4 Å². The Morgan fingerprint density at radius 3 is 2.30 bits per heavy atom. The zero-order valence-corrected chi connectivity index (χ0v) is 6.59. The van der Waals surface area contributed by atoms with E-state index in [1.165, 1.54) is 0 Å². The van der Waals surface area contributed by atoms with Crippen LogP contribution in [0.1, 0.15) is 26.2 Å². The summed E-state index contributed by atoms with van der Waals surface area (Å²) in [6, 6.07) is 0. The molecule has 0 aliphatic rings. The minimum absolute atomic E-state index is 0.0833. The average molecular weight is 146 g/mol. The summed E-state index contributed by atoms with van der Waals surface area (Å²) in [5.74, 6) is 0.0833. The fraction of sp³-hybridized carbons (Fsp3) is 1.00. The van der Waals surface area contributed by atoms with Crippen molar-refractivity contribution in [2.45, 2.75) is 32.4 Å². The van der Waals surface area contributed by atoms with Crippen LogP contribution in [0.25, 0.3) is 0 Å². The highest BCUT2D eigenvalue weighted by atomic mass is 16.3. The van der Waals surface area contributed by atoms with Gasteiger partial charge in [0.25, 0.3) is 0 Å². The fourth-order valence-electron chi connectivity index (χ4n) is 0.872. The molecule has 0 rings (SSSR count). The molecule has 3 nitrogen and oxygen atoms in total. The Kier molecular flexibility index (Phi) is 5.58. The van der Waals surface area contributed by atoms with Crippen molar-refractivity contribution in [3.8, 4) is 0 Å². The number of aliphatic hydroxyl groups excluding tert-OH is 1. The summed E-state index contributed by atoms with van der Waals surface area (Å²) in [6.07, 6.45) is 2.79. The average Bonchev–Trinajstić information content (AvgIpc) is 1.89. The number of unbranched alkanes of at least 4 members (excludes halogenated alkanes) is 1. The molecule has 0 aliphatic heterocycles. The highest BCUT2D eigenvalue weighted by Gasteiger charge is 2.11. The third-order valence-corrected chi connectivity index (χ3v) is 1.71. The zero-order chi connectivity index (χ0) is 7.98. The molecule has 0 aliphatic carbocycles. The van der Waals surface area contributed by atoms with Crippen LogP contribution < -0.4 is 11.5 Å². The second-order valence-electron chi connectivity index (χ2n) is 2.66. The summed E-state index contributed by atoms with van der Waals surface area (Å²) in [7, 11) is 0. The summed E-state index contributed by atoms with van der Waals surface area (Å²) < 4.78 is 0. The number of nitrogens with two attached hydrogens (primary N) is 2. The largest absolute Gasteiger partial charge is 0.396 e. The first-order chi connectivity index (χ1) is 4.72. The molecule has 0 radical (unpaired) electrons. The lowest BCUT2D eigenvalue weighted by Gasteiger charge is -2.16. The molecule has 0 heterocycles. The molecule has 3 heteroatoms. The summed E-state index contributed by atoms with van der Waals surface area (Å²) in [6.45, 7) is 2.22. The molecule has 0 fully saturated rings. The first kappa shape index (κ1) is 9.88.